The molecule has 3 aromatic rings. The number of para-hydroxylation sites is 1. The molecule has 0 aliphatic carbocycles. The van der Waals surface area contributed by atoms with Gasteiger partial charge in [-0.1, -0.05) is 18.2 Å². The molecule has 6 nitrogen and oxygen atoms in total. The fourth-order valence-electron chi connectivity index (χ4n) is 2.53. The van der Waals surface area contributed by atoms with Crippen LogP contribution in [0.4, 0.5) is 21.9 Å². The third-order valence-electron chi connectivity index (χ3n) is 3.79. The first-order valence-electron chi connectivity index (χ1n) is 8.01. The Morgan fingerprint density at radius 2 is 1.62 bits per heavy atom. The molecule has 6 heteroatoms. The minimum atomic E-state index is -0.314. The number of amides is 2. The van der Waals surface area contributed by atoms with E-state index in [1.165, 1.54) is 0 Å². The van der Waals surface area contributed by atoms with Crippen LogP contribution in [0.3, 0.4) is 0 Å². The summed E-state index contributed by atoms with van der Waals surface area (Å²) >= 11 is 0. The van der Waals surface area contributed by atoms with Crippen molar-refractivity contribution in [2.24, 2.45) is 0 Å². The summed E-state index contributed by atoms with van der Waals surface area (Å²) in [6, 6.07) is 17.9. The van der Waals surface area contributed by atoms with Crippen molar-refractivity contribution in [1.29, 1.82) is 0 Å². The molecule has 0 aliphatic heterocycles. The minimum absolute atomic E-state index is 0.314. The van der Waals surface area contributed by atoms with E-state index in [0.29, 0.717) is 22.9 Å². The number of ether oxygens (including phenoxy) is 2. The Morgan fingerprint density at radius 3 is 2.27 bits per heavy atom. The van der Waals surface area contributed by atoms with Crippen molar-refractivity contribution in [2.45, 2.75) is 0 Å². The molecule has 0 bridgehead atoms. The van der Waals surface area contributed by atoms with E-state index in [0.717, 1.165) is 5.69 Å². The maximum atomic E-state index is 13.0. The Balaban J connectivity index is 1.94. The second-order valence-corrected chi connectivity index (χ2v) is 5.37. The predicted octanol–water partition coefficient (Wildman–Crippen LogP) is 4.47. The number of methoxy groups -OCH3 is 2. The van der Waals surface area contributed by atoms with Crippen LogP contribution < -0.4 is 19.7 Å². The van der Waals surface area contributed by atoms with Gasteiger partial charge in [-0.3, -0.25) is 9.88 Å². The van der Waals surface area contributed by atoms with E-state index in [-0.39, 0.29) is 6.03 Å². The van der Waals surface area contributed by atoms with E-state index in [1.54, 1.807) is 61.8 Å². The van der Waals surface area contributed by atoms with Gasteiger partial charge in [-0.05, 0) is 36.4 Å². The molecule has 0 unspecified atom stereocenters. The molecule has 0 atom stereocenters. The van der Waals surface area contributed by atoms with Gasteiger partial charge in [0.1, 0.15) is 11.5 Å². The molecular formula is C20H19N3O3. The lowest BCUT2D eigenvalue weighted by molar-refractivity contribution is 0.259. The molecule has 2 amide bonds. The molecule has 132 valence electrons. The number of nitrogens with one attached hydrogen (secondary N) is 1. The molecule has 26 heavy (non-hydrogen) atoms. The van der Waals surface area contributed by atoms with Gasteiger partial charge in [0.2, 0.25) is 0 Å². The summed E-state index contributed by atoms with van der Waals surface area (Å²) in [4.78, 5) is 18.6. The Kier molecular flexibility index (Phi) is 5.34. The zero-order valence-corrected chi connectivity index (χ0v) is 14.5. The number of anilines is 3. The van der Waals surface area contributed by atoms with E-state index in [1.807, 2.05) is 30.3 Å². The van der Waals surface area contributed by atoms with Crippen LogP contribution in [0.25, 0.3) is 0 Å². The van der Waals surface area contributed by atoms with Gasteiger partial charge in [0.25, 0.3) is 0 Å². The van der Waals surface area contributed by atoms with Crippen LogP contribution in [-0.2, 0) is 0 Å². The summed E-state index contributed by atoms with van der Waals surface area (Å²) in [6.07, 6.45) is 3.29. The van der Waals surface area contributed by atoms with Crippen LogP contribution in [0, 0.1) is 0 Å². The van der Waals surface area contributed by atoms with E-state index in [4.69, 9.17) is 9.47 Å². The molecule has 2 aromatic carbocycles. The second-order valence-electron chi connectivity index (χ2n) is 5.37. The quantitative estimate of drug-likeness (QED) is 0.738. The number of nitrogens with zero attached hydrogens (tertiary/aromatic N) is 2. The molecule has 1 N–H and O–H groups in total. The smallest absolute Gasteiger partial charge is 0.331 e. The fraction of sp³-hybridized carbons (Fsp3) is 0.100. The first kappa shape index (κ1) is 17.3. The molecule has 0 saturated heterocycles. The van der Waals surface area contributed by atoms with Crippen LogP contribution in [0.1, 0.15) is 0 Å². The Hall–Kier alpha value is -3.54. The van der Waals surface area contributed by atoms with E-state index in [2.05, 4.69) is 10.3 Å². The highest BCUT2D eigenvalue weighted by Gasteiger charge is 2.19. The number of hydrogen-bond acceptors (Lipinski definition) is 4. The molecule has 0 aliphatic rings. The molecule has 0 radical (unpaired) electrons. The van der Waals surface area contributed by atoms with Gasteiger partial charge in [0.15, 0.2) is 0 Å². The fourth-order valence-corrected chi connectivity index (χ4v) is 2.53. The number of pyridine rings is 1. The second kappa shape index (κ2) is 8.02. The summed E-state index contributed by atoms with van der Waals surface area (Å²) in [5, 5.41) is 2.90. The highest BCUT2D eigenvalue weighted by molar-refractivity contribution is 6.07. The highest BCUT2D eigenvalue weighted by Crippen LogP contribution is 2.31. The lowest BCUT2D eigenvalue weighted by Crippen LogP contribution is -2.30. The average molecular weight is 349 g/mol. The van der Waals surface area contributed by atoms with Crippen molar-refractivity contribution in [3.05, 3.63) is 73.1 Å². The van der Waals surface area contributed by atoms with Gasteiger partial charge in [-0.15, -0.1) is 0 Å². The summed E-state index contributed by atoms with van der Waals surface area (Å²) < 4.78 is 10.5. The normalized spacial score (nSPS) is 10.1. The molecule has 0 saturated carbocycles. The van der Waals surface area contributed by atoms with Gasteiger partial charge in [-0.2, -0.15) is 0 Å². The highest BCUT2D eigenvalue weighted by atomic mass is 16.5. The largest absolute Gasteiger partial charge is 0.497 e. The lowest BCUT2D eigenvalue weighted by atomic mass is 10.2. The first-order chi connectivity index (χ1) is 12.7. The van der Waals surface area contributed by atoms with Gasteiger partial charge in [0.05, 0.1) is 31.3 Å². The predicted molar refractivity (Wildman–Crippen MR) is 101 cm³/mol. The molecule has 0 spiro atoms. The molecule has 1 aromatic heterocycles. The standard InChI is InChI=1S/C20H19N3O3/c1-25-17-8-9-18(19(14-17)26-2)22-20(24)23(15-6-4-3-5-7-15)16-10-12-21-13-11-16/h3-14H,1-2H3,(H,22,24). The van der Waals surface area contributed by atoms with Crippen molar-refractivity contribution < 1.29 is 14.3 Å². The zero-order chi connectivity index (χ0) is 18.4. The van der Waals surface area contributed by atoms with Crippen LogP contribution in [0.2, 0.25) is 0 Å². The number of aromatic nitrogens is 1. The monoisotopic (exact) mass is 349 g/mol. The molecule has 1 heterocycles. The topological polar surface area (TPSA) is 63.7 Å². The van der Waals surface area contributed by atoms with Crippen LogP contribution in [0.5, 0.6) is 11.5 Å². The van der Waals surface area contributed by atoms with Crippen molar-refractivity contribution in [3.63, 3.8) is 0 Å². The van der Waals surface area contributed by atoms with Gasteiger partial charge in [-0.25, -0.2) is 4.79 Å². The van der Waals surface area contributed by atoms with Crippen LogP contribution >= 0.6 is 0 Å². The minimum Gasteiger partial charge on any atom is -0.497 e. The lowest BCUT2D eigenvalue weighted by Gasteiger charge is -2.23. The van der Waals surface area contributed by atoms with E-state index < -0.39 is 0 Å². The summed E-state index contributed by atoms with van der Waals surface area (Å²) in [5.74, 6) is 1.16. The van der Waals surface area contributed by atoms with Crippen molar-refractivity contribution in [3.8, 4) is 11.5 Å². The number of rotatable bonds is 5. The van der Waals surface area contributed by atoms with Gasteiger partial charge >= 0.3 is 6.03 Å². The third kappa shape index (κ3) is 3.75. The number of urea groups is 1. The first-order valence-corrected chi connectivity index (χ1v) is 8.01. The average Bonchev–Trinajstić information content (AvgIpc) is 2.70. The maximum absolute atomic E-state index is 13.0. The Bertz CT molecular complexity index is 830. The van der Waals surface area contributed by atoms with Crippen LogP contribution in [0.15, 0.2) is 73.1 Å². The summed E-state index contributed by atoms with van der Waals surface area (Å²) in [7, 11) is 3.12. The third-order valence-corrected chi connectivity index (χ3v) is 3.79. The van der Waals surface area contributed by atoms with Gasteiger partial charge in [0, 0.05) is 18.5 Å². The van der Waals surface area contributed by atoms with Crippen molar-refractivity contribution >= 4 is 23.1 Å². The number of hydrogen-bond donors (Lipinski definition) is 1. The Labute approximate surface area is 152 Å². The zero-order valence-electron chi connectivity index (χ0n) is 14.5. The summed E-state index contributed by atoms with van der Waals surface area (Å²) in [5.41, 5.74) is 1.99. The van der Waals surface area contributed by atoms with Crippen molar-refractivity contribution in [1.82, 2.24) is 4.98 Å². The van der Waals surface area contributed by atoms with Crippen LogP contribution in [-0.4, -0.2) is 25.2 Å². The number of benzene rings is 2. The van der Waals surface area contributed by atoms with Crippen molar-refractivity contribution in [2.75, 3.05) is 24.4 Å². The van der Waals surface area contributed by atoms with E-state index in [9.17, 15) is 4.79 Å². The maximum Gasteiger partial charge on any atom is 0.331 e. The number of carbonyl (C=O) groups excluding carboxylic acids is 1. The SMILES string of the molecule is COc1ccc(NC(=O)N(c2ccccc2)c2ccncc2)c(OC)c1. The van der Waals surface area contributed by atoms with E-state index >= 15 is 0 Å². The summed E-state index contributed by atoms with van der Waals surface area (Å²) in [6.45, 7) is 0. The Morgan fingerprint density at radius 1 is 0.923 bits per heavy atom. The number of carbonyl (C=O) groups is 1. The molecule has 0 fully saturated rings. The molecule has 3 rings (SSSR count). The van der Waals surface area contributed by atoms with Gasteiger partial charge < -0.3 is 14.8 Å². The molecular weight excluding hydrogens is 330 g/mol.